The number of rotatable bonds is 1. The van der Waals surface area contributed by atoms with Crippen LogP contribution in [-0.2, 0) is 0 Å². The highest BCUT2D eigenvalue weighted by molar-refractivity contribution is 5.11. The molecule has 78 valence electrons. The van der Waals surface area contributed by atoms with E-state index in [-0.39, 0.29) is 0 Å². The van der Waals surface area contributed by atoms with Gasteiger partial charge in [0.1, 0.15) is 5.76 Å². The standard InChI is InChI=1S/C12H19NO/c1-12(2)6-5-9(13)8-10(12)11-4-3-7-14-11/h3-4,7,9-10H,5-6,8,13H2,1-2H3. The van der Waals surface area contributed by atoms with E-state index in [1.807, 2.05) is 6.07 Å². The predicted molar refractivity (Wildman–Crippen MR) is 57.1 cm³/mol. The molecule has 2 atom stereocenters. The maximum absolute atomic E-state index is 6.01. The summed E-state index contributed by atoms with van der Waals surface area (Å²) in [5, 5.41) is 0. The molecule has 2 N–H and O–H groups in total. The Bertz CT molecular complexity index is 289. The molecule has 14 heavy (non-hydrogen) atoms. The third kappa shape index (κ3) is 1.71. The van der Waals surface area contributed by atoms with Crippen LogP contribution in [0.5, 0.6) is 0 Å². The molecule has 2 unspecified atom stereocenters. The summed E-state index contributed by atoms with van der Waals surface area (Å²) in [6.07, 6.45) is 5.15. The van der Waals surface area contributed by atoms with Crippen LogP contribution < -0.4 is 5.73 Å². The van der Waals surface area contributed by atoms with Crippen molar-refractivity contribution in [2.45, 2.75) is 45.1 Å². The molecule has 0 aliphatic heterocycles. The van der Waals surface area contributed by atoms with Crippen molar-refractivity contribution in [3.63, 3.8) is 0 Å². The predicted octanol–water partition coefficient (Wildman–Crippen LogP) is 2.90. The summed E-state index contributed by atoms with van der Waals surface area (Å²) in [6.45, 7) is 4.62. The van der Waals surface area contributed by atoms with Crippen molar-refractivity contribution in [1.82, 2.24) is 0 Å². The lowest BCUT2D eigenvalue weighted by atomic mass is 9.66. The van der Waals surface area contributed by atoms with Crippen LogP contribution in [0.3, 0.4) is 0 Å². The van der Waals surface area contributed by atoms with Crippen molar-refractivity contribution < 1.29 is 4.42 Å². The molecule has 2 nitrogen and oxygen atoms in total. The van der Waals surface area contributed by atoms with Crippen LogP contribution in [0.2, 0.25) is 0 Å². The fourth-order valence-electron chi connectivity index (χ4n) is 2.46. The van der Waals surface area contributed by atoms with Crippen molar-refractivity contribution in [2.24, 2.45) is 11.1 Å². The number of hydrogen-bond donors (Lipinski definition) is 1. The highest BCUT2D eigenvalue weighted by Gasteiger charge is 2.37. The summed E-state index contributed by atoms with van der Waals surface area (Å²) in [7, 11) is 0. The van der Waals surface area contributed by atoms with Gasteiger partial charge >= 0.3 is 0 Å². The fraction of sp³-hybridized carbons (Fsp3) is 0.667. The van der Waals surface area contributed by atoms with Crippen LogP contribution in [0.15, 0.2) is 22.8 Å². The zero-order valence-electron chi connectivity index (χ0n) is 8.99. The molecule has 0 saturated heterocycles. The topological polar surface area (TPSA) is 39.2 Å². The van der Waals surface area contributed by atoms with Crippen molar-refractivity contribution in [3.05, 3.63) is 24.2 Å². The van der Waals surface area contributed by atoms with Crippen LogP contribution in [0.1, 0.15) is 44.8 Å². The molecule has 1 fully saturated rings. The molecule has 1 aliphatic carbocycles. The largest absolute Gasteiger partial charge is 0.469 e. The quantitative estimate of drug-likeness (QED) is 0.744. The summed E-state index contributed by atoms with van der Waals surface area (Å²) in [5.41, 5.74) is 6.34. The van der Waals surface area contributed by atoms with Crippen molar-refractivity contribution in [2.75, 3.05) is 0 Å². The van der Waals surface area contributed by atoms with E-state index >= 15 is 0 Å². The lowest BCUT2D eigenvalue weighted by molar-refractivity contribution is 0.163. The molecular formula is C12H19NO. The van der Waals surface area contributed by atoms with Crippen LogP contribution in [0, 0.1) is 5.41 Å². The van der Waals surface area contributed by atoms with Gasteiger partial charge in [0.25, 0.3) is 0 Å². The van der Waals surface area contributed by atoms with Gasteiger partial charge in [0, 0.05) is 12.0 Å². The summed E-state index contributed by atoms with van der Waals surface area (Å²) >= 11 is 0. The first-order valence-electron chi connectivity index (χ1n) is 5.38. The third-order valence-electron chi connectivity index (χ3n) is 3.53. The minimum atomic E-state index is 0.327. The minimum absolute atomic E-state index is 0.327. The van der Waals surface area contributed by atoms with Crippen LogP contribution in [0.4, 0.5) is 0 Å². The molecule has 1 heterocycles. The molecule has 0 bridgehead atoms. The second kappa shape index (κ2) is 3.43. The zero-order valence-corrected chi connectivity index (χ0v) is 8.99. The number of nitrogens with two attached hydrogens (primary N) is 1. The Hall–Kier alpha value is -0.760. The Morgan fingerprint density at radius 1 is 1.50 bits per heavy atom. The van der Waals surface area contributed by atoms with E-state index in [2.05, 4.69) is 19.9 Å². The van der Waals surface area contributed by atoms with E-state index in [0.29, 0.717) is 17.4 Å². The molecule has 2 heteroatoms. The Kier molecular flexibility index (Phi) is 2.40. The molecule has 0 spiro atoms. The van der Waals surface area contributed by atoms with Crippen molar-refractivity contribution >= 4 is 0 Å². The van der Waals surface area contributed by atoms with Crippen LogP contribution in [0.25, 0.3) is 0 Å². The molecule has 0 aromatic carbocycles. The average molecular weight is 193 g/mol. The van der Waals surface area contributed by atoms with Gasteiger partial charge in [0.05, 0.1) is 6.26 Å². The summed E-state index contributed by atoms with van der Waals surface area (Å²) in [4.78, 5) is 0. The molecule has 2 rings (SSSR count). The SMILES string of the molecule is CC1(C)CCC(N)CC1c1ccco1. The summed E-state index contributed by atoms with van der Waals surface area (Å²) < 4.78 is 5.50. The molecule has 0 amide bonds. The van der Waals surface area contributed by atoms with E-state index in [0.717, 1.165) is 18.6 Å². The van der Waals surface area contributed by atoms with Gasteiger partial charge in [-0.2, -0.15) is 0 Å². The van der Waals surface area contributed by atoms with Gasteiger partial charge in [-0.3, -0.25) is 0 Å². The monoisotopic (exact) mass is 193 g/mol. The Morgan fingerprint density at radius 2 is 2.29 bits per heavy atom. The van der Waals surface area contributed by atoms with Gasteiger partial charge in [0.2, 0.25) is 0 Å². The highest BCUT2D eigenvalue weighted by Crippen LogP contribution is 2.46. The first-order valence-corrected chi connectivity index (χ1v) is 5.38. The van der Waals surface area contributed by atoms with Crippen molar-refractivity contribution in [3.8, 4) is 0 Å². The molecular weight excluding hydrogens is 174 g/mol. The first-order chi connectivity index (χ1) is 6.59. The van der Waals surface area contributed by atoms with E-state index in [9.17, 15) is 0 Å². The van der Waals surface area contributed by atoms with Crippen molar-refractivity contribution in [1.29, 1.82) is 0 Å². The van der Waals surface area contributed by atoms with Gasteiger partial charge in [0.15, 0.2) is 0 Å². The van der Waals surface area contributed by atoms with Gasteiger partial charge in [-0.05, 0) is 36.8 Å². The molecule has 1 aromatic rings. The Labute approximate surface area is 85.5 Å². The van der Waals surface area contributed by atoms with Crippen LogP contribution >= 0.6 is 0 Å². The molecule has 1 aromatic heterocycles. The summed E-state index contributed by atoms with van der Waals surface area (Å²) in [5.74, 6) is 1.59. The van der Waals surface area contributed by atoms with E-state index in [1.165, 1.54) is 6.42 Å². The second-order valence-electron chi connectivity index (χ2n) is 5.09. The number of hydrogen-bond acceptors (Lipinski definition) is 2. The van der Waals surface area contributed by atoms with E-state index in [1.54, 1.807) is 6.26 Å². The Balaban J connectivity index is 2.22. The maximum Gasteiger partial charge on any atom is 0.107 e. The fourth-order valence-corrected chi connectivity index (χ4v) is 2.46. The van der Waals surface area contributed by atoms with Gasteiger partial charge in [-0.25, -0.2) is 0 Å². The molecule has 1 saturated carbocycles. The molecule has 1 aliphatic rings. The lowest BCUT2D eigenvalue weighted by Crippen LogP contribution is -2.36. The average Bonchev–Trinajstić information content (AvgIpc) is 2.62. The minimum Gasteiger partial charge on any atom is -0.469 e. The Morgan fingerprint density at radius 3 is 2.93 bits per heavy atom. The summed E-state index contributed by atoms with van der Waals surface area (Å²) in [6, 6.07) is 4.38. The number of furan rings is 1. The maximum atomic E-state index is 6.01. The zero-order chi connectivity index (χ0) is 10.2. The van der Waals surface area contributed by atoms with Crippen LogP contribution in [-0.4, -0.2) is 6.04 Å². The highest BCUT2D eigenvalue weighted by atomic mass is 16.3. The van der Waals surface area contributed by atoms with E-state index in [4.69, 9.17) is 10.2 Å². The normalized spacial score (nSPS) is 31.6. The lowest BCUT2D eigenvalue weighted by Gasteiger charge is -2.40. The molecule has 0 radical (unpaired) electrons. The van der Waals surface area contributed by atoms with E-state index < -0.39 is 0 Å². The third-order valence-corrected chi connectivity index (χ3v) is 3.53. The smallest absolute Gasteiger partial charge is 0.107 e. The second-order valence-corrected chi connectivity index (χ2v) is 5.09. The van der Waals surface area contributed by atoms with Gasteiger partial charge < -0.3 is 10.2 Å². The first kappa shape index (κ1) is 9.78. The van der Waals surface area contributed by atoms with Gasteiger partial charge in [-0.15, -0.1) is 0 Å². The van der Waals surface area contributed by atoms with Gasteiger partial charge in [-0.1, -0.05) is 13.8 Å².